The van der Waals surface area contributed by atoms with E-state index in [4.69, 9.17) is 0 Å². The van der Waals surface area contributed by atoms with Crippen molar-refractivity contribution in [3.63, 3.8) is 0 Å². The lowest BCUT2D eigenvalue weighted by Gasteiger charge is -2.27. The Bertz CT molecular complexity index is 506. The minimum atomic E-state index is -4.56. The van der Waals surface area contributed by atoms with Gasteiger partial charge < -0.3 is 4.90 Å². The Labute approximate surface area is 125 Å². The molecule has 0 fully saturated rings. The van der Waals surface area contributed by atoms with E-state index >= 15 is 0 Å². The summed E-state index contributed by atoms with van der Waals surface area (Å²) in [5.41, 5.74) is -1.43. The van der Waals surface area contributed by atoms with Crippen LogP contribution in [0.4, 0.5) is 13.2 Å². The molecule has 0 aromatic heterocycles. The van der Waals surface area contributed by atoms with Crippen molar-refractivity contribution in [2.75, 3.05) is 13.6 Å². The fourth-order valence-corrected chi connectivity index (χ4v) is 2.29. The molecule has 112 valence electrons. The normalized spacial score (nSPS) is 12.4. The molecule has 0 bridgehead atoms. The SMILES string of the molecule is CN(CC(C)(C)C)C(=O)c1ccc(Br)cc1C(F)(F)F. The molecule has 1 amide bonds. The quantitative estimate of drug-likeness (QED) is 0.763. The summed E-state index contributed by atoms with van der Waals surface area (Å²) in [6, 6.07) is 3.57. The summed E-state index contributed by atoms with van der Waals surface area (Å²) in [5, 5.41) is 0. The van der Waals surface area contributed by atoms with Gasteiger partial charge in [0.1, 0.15) is 0 Å². The minimum absolute atomic E-state index is 0.182. The maximum Gasteiger partial charge on any atom is 0.417 e. The van der Waals surface area contributed by atoms with Crippen LogP contribution in [0.2, 0.25) is 0 Å². The molecule has 0 N–H and O–H groups in total. The fraction of sp³-hybridized carbons (Fsp3) is 0.500. The van der Waals surface area contributed by atoms with Crippen LogP contribution in [-0.2, 0) is 6.18 Å². The lowest BCUT2D eigenvalue weighted by atomic mass is 9.95. The van der Waals surface area contributed by atoms with Gasteiger partial charge in [0.05, 0.1) is 11.1 Å². The molecule has 1 rings (SSSR count). The Hall–Kier alpha value is -1.04. The molecule has 0 aliphatic heterocycles. The zero-order valence-corrected chi connectivity index (χ0v) is 13.4. The molecule has 20 heavy (non-hydrogen) atoms. The van der Waals surface area contributed by atoms with Crippen LogP contribution in [-0.4, -0.2) is 24.4 Å². The van der Waals surface area contributed by atoms with E-state index in [-0.39, 0.29) is 11.0 Å². The first-order chi connectivity index (χ1) is 8.92. The van der Waals surface area contributed by atoms with Crippen molar-refractivity contribution in [3.05, 3.63) is 33.8 Å². The first kappa shape index (κ1) is 17.0. The molecule has 0 aliphatic carbocycles. The third-order valence-electron chi connectivity index (χ3n) is 2.58. The summed E-state index contributed by atoms with van der Waals surface area (Å²) in [5.74, 6) is -0.625. The molecule has 0 spiro atoms. The highest BCUT2D eigenvalue weighted by Gasteiger charge is 2.36. The number of alkyl halides is 3. The molecule has 1 aromatic carbocycles. The van der Waals surface area contributed by atoms with Crippen LogP contribution < -0.4 is 0 Å². The van der Waals surface area contributed by atoms with Gasteiger partial charge in [0.15, 0.2) is 0 Å². The van der Waals surface area contributed by atoms with Crippen molar-refractivity contribution in [3.8, 4) is 0 Å². The molecule has 0 heterocycles. The standard InChI is InChI=1S/C14H17BrF3NO/c1-13(2,3)8-19(4)12(20)10-6-5-9(15)7-11(10)14(16,17)18/h5-7H,8H2,1-4H3. The van der Waals surface area contributed by atoms with Crippen LogP contribution in [0.15, 0.2) is 22.7 Å². The van der Waals surface area contributed by atoms with Crippen molar-refractivity contribution in [2.24, 2.45) is 5.41 Å². The van der Waals surface area contributed by atoms with E-state index < -0.39 is 17.6 Å². The number of rotatable bonds is 2. The second kappa shape index (κ2) is 5.76. The van der Waals surface area contributed by atoms with Gasteiger partial charge in [-0.3, -0.25) is 4.79 Å². The molecular formula is C14H17BrF3NO. The number of hydrogen-bond donors (Lipinski definition) is 0. The van der Waals surface area contributed by atoms with E-state index in [0.717, 1.165) is 6.07 Å². The molecule has 2 nitrogen and oxygen atoms in total. The number of nitrogens with zero attached hydrogens (tertiary/aromatic N) is 1. The van der Waals surface area contributed by atoms with Crippen LogP contribution in [0, 0.1) is 5.41 Å². The molecule has 6 heteroatoms. The van der Waals surface area contributed by atoms with Crippen LogP contribution in [0.1, 0.15) is 36.7 Å². The van der Waals surface area contributed by atoms with Gasteiger partial charge in [-0.15, -0.1) is 0 Å². The molecule has 0 radical (unpaired) electrons. The molecule has 0 unspecified atom stereocenters. The molecule has 0 aliphatic rings. The Morgan fingerprint density at radius 2 is 1.80 bits per heavy atom. The first-order valence-electron chi connectivity index (χ1n) is 6.04. The fourth-order valence-electron chi connectivity index (χ4n) is 1.93. The summed E-state index contributed by atoms with van der Waals surface area (Å²) in [4.78, 5) is 13.5. The van der Waals surface area contributed by atoms with Crippen LogP contribution in [0.25, 0.3) is 0 Å². The predicted molar refractivity (Wildman–Crippen MR) is 75.6 cm³/mol. The number of hydrogen-bond acceptors (Lipinski definition) is 1. The molecule has 0 saturated carbocycles. The van der Waals surface area contributed by atoms with Gasteiger partial charge in [-0.25, -0.2) is 0 Å². The van der Waals surface area contributed by atoms with Gasteiger partial charge >= 0.3 is 6.18 Å². The topological polar surface area (TPSA) is 20.3 Å². The minimum Gasteiger partial charge on any atom is -0.341 e. The van der Waals surface area contributed by atoms with Gasteiger partial charge in [0.25, 0.3) is 5.91 Å². The molecule has 0 saturated heterocycles. The number of benzene rings is 1. The highest BCUT2D eigenvalue weighted by Crippen LogP contribution is 2.34. The number of amides is 1. The Balaban J connectivity index is 3.17. The van der Waals surface area contributed by atoms with E-state index in [1.54, 1.807) is 0 Å². The maximum absolute atomic E-state index is 13.0. The number of carbonyl (C=O) groups excluding carboxylic acids is 1. The number of halogens is 4. The van der Waals surface area contributed by atoms with E-state index in [9.17, 15) is 18.0 Å². The van der Waals surface area contributed by atoms with E-state index in [2.05, 4.69) is 15.9 Å². The largest absolute Gasteiger partial charge is 0.417 e. The highest BCUT2D eigenvalue weighted by atomic mass is 79.9. The van der Waals surface area contributed by atoms with E-state index in [1.165, 1.54) is 24.1 Å². The van der Waals surface area contributed by atoms with Gasteiger partial charge in [-0.1, -0.05) is 36.7 Å². The van der Waals surface area contributed by atoms with Crippen molar-refractivity contribution in [1.29, 1.82) is 0 Å². The third-order valence-corrected chi connectivity index (χ3v) is 3.07. The lowest BCUT2D eigenvalue weighted by Crippen LogP contribution is -2.35. The monoisotopic (exact) mass is 351 g/mol. The van der Waals surface area contributed by atoms with Crippen LogP contribution in [0.5, 0.6) is 0 Å². The Morgan fingerprint density at radius 1 is 1.25 bits per heavy atom. The van der Waals surface area contributed by atoms with Crippen molar-refractivity contribution in [1.82, 2.24) is 4.90 Å². The van der Waals surface area contributed by atoms with Crippen molar-refractivity contribution >= 4 is 21.8 Å². The summed E-state index contributed by atoms with van der Waals surface area (Å²) in [6.45, 7) is 6.13. The van der Waals surface area contributed by atoms with Crippen molar-refractivity contribution in [2.45, 2.75) is 26.9 Å². The zero-order chi connectivity index (χ0) is 15.7. The average Bonchev–Trinajstić information content (AvgIpc) is 2.24. The molecular weight excluding hydrogens is 335 g/mol. The third kappa shape index (κ3) is 4.51. The van der Waals surface area contributed by atoms with Gasteiger partial charge in [-0.05, 0) is 23.6 Å². The summed E-state index contributed by atoms with van der Waals surface area (Å²) >= 11 is 3.00. The maximum atomic E-state index is 13.0. The zero-order valence-electron chi connectivity index (χ0n) is 11.8. The Kier molecular flexibility index (Phi) is 4.90. The second-order valence-corrected chi connectivity index (χ2v) is 6.83. The summed E-state index contributed by atoms with van der Waals surface area (Å²) in [6.07, 6.45) is -4.56. The Morgan fingerprint density at radius 3 is 2.25 bits per heavy atom. The predicted octanol–water partition coefficient (Wildman–Crippen LogP) is 4.59. The summed E-state index contributed by atoms with van der Waals surface area (Å²) in [7, 11) is 1.51. The second-order valence-electron chi connectivity index (χ2n) is 5.91. The highest BCUT2D eigenvalue weighted by molar-refractivity contribution is 9.10. The lowest BCUT2D eigenvalue weighted by molar-refractivity contribution is -0.138. The van der Waals surface area contributed by atoms with E-state index in [1.807, 2.05) is 20.8 Å². The number of carbonyl (C=O) groups is 1. The first-order valence-corrected chi connectivity index (χ1v) is 6.83. The van der Waals surface area contributed by atoms with Crippen LogP contribution in [0.3, 0.4) is 0 Å². The summed E-state index contributed by atoms with van der Waals surface area (Å²) < 4.78 is 39.3. The van der Waals surface area contributed by atoms with Gasteiger partial charge in [-0.2, -0.15) is 13.2 Å². The molecule has 1 aromatic rings. The van der Waals surface area contributed by atoms with Crippen molar-refractivity contribution < 1.29 is 18.0 Å². The average molecular weight is 352 g/mol. The van der Waals surface area contributed by atoms with Gasteiger partial charge in [0.2, 0.25) is 0 Å². The van der Waals surface area contributed by atoms with Crippen LogP contribution >= 0.6 is 15.9 Å². The smallest absolute Gasteiger partial charge is 0.341 e. The van der Waals surface area contributed by atoms with E-state index in [0.29, 0.717) is 11.0 Å². The van der Waals surface area contributed by atoms with Gasteiger partial charge in [0, 0.05) is 18.1 Å². The molecule has 0 atom stereocenters.